The topological polar surface area (TPSA) is 55.4 Å². The Morgan fingerprint density at radius 2 is 2.00 bits per heavy atom. The lowest BCUT2D eigenvalue weighted by Crippen LogP contribution is -2.33. The van der Waals surface area contributed by atoms with E-state index in [2.05, 4.69) is 26.1 Å². The highest BCUT2D eigenvalue weighted by molar-refractivity contribution is 7.91. The van der Waals surface area contributed by atoms with Gasteiger partial charge in [0.25, 0.3) is 0 Å². The van der Waals surface area contributed by atoms with E-state index >= 15 is 0 Å². The average Bonchev–Trinajstić information content (AvgIpc) is 2.78. The molecule has 19 heavy (non-hydrogen) atoms. The summed E-state index contributed by atoms with van der Waals surface area (Å²) in [6.07, 6.45) is 4.09. The second-order valence-electron chi connectivity index (χ2n) is 6.08. The molecule has 1 heterocycles. The maximum Gasteiger partial charge on any atom is 0.154 e. The van der Waals surface area contributed by atoms with Gasteiger partial charge < -0.3 is 10.1 Å². The van der Waals surface area contributed by atoms with Gasteiger partial charge in [-0.05, 0) is 38.5 Å². The minimum Gasteiger partial charge on any atom is -0.377 e. The van der Waals surface area contributed by atoms with Crippen LogP contribution in [0, 0.1) is 5.92 Å². The van der Waals surface area contributed by atoms with Gasteiger partial charge in [-0.3, -0.25) is 0 Å². The average molecular weight is 291 g/mol. The minimum atomic E-state index is -2.98. The fraction of sp³-hybridized carbons (Fsp3) is 1.00. The molecule has 2 atom stereocenters. The summed E-state index contributed by atoms with van der Waals surface area (Å²) in [5.74, 6) is 1.11. The van der Waals surface area contributed by atoms with Crippen molar-refractivity contribution in [2.24, 2.45) is 5.92 Å². The van der Waals surface area contributed by atoms with Crippen molar-refractivity contribution >= 4 is 9.84 Å². The van der Waals surface area contributed by atoms with Crippen molar-refractivity contribution in [2.75, 3.05) is 24.7 Å². The van der Waals surface area contributed by atoms with Crippen LogP contribution in [0.1, 0.15) is 46.5 Å². The molecule has 0 bridgehead atoms. The first-order valence-electron chi connectivity index (χ1n) is 7.44. The Balaban J connectivity index is 2.16. The van der Waals surface area contributed by atoms with Gasteiger partial charge in [-0.15, -0.1) is 0 Å². The standard InChI is InChI=1S/C14H29NO3S/c1-12(2)6-7-13(3)15-8-10-19(16,17)11-14-5-4-9-18-14/h12-15H,4-11H2,1-3H3. The molecule has 114 valence electrons. The molecule has 1 aliphatic rings. The van der Waals surface area contributed by atoms with E-state index in [9.17, 15) is 8.42 Å². The molecular formula is C14H29NO3S. The van der Waals surface area contributed by atoms with Crippen LogP contribution in [0.5, 0.6) is 0 Å². The Kier molecular flexibility index (Phi) is 7.32. The number of rotatable bonds is 9. The van der Waals surface area contributed by atoms with Gasteiger partial charge in [0.05, 0.1) is 17.6 Å². The van der Waals surface area contributed by atoms with Gasteiger partial charge in [0.15, 0.2) is 9.84 Å². The van der Waals surface area contributed by atoms with Gasteiger partial charge in [-0.25, -0.2) is 8.42 Å². The lowest BCUT2D eigenvalue weighted by atomic mass is 10.0. The number of nitrogens with one attached hydrogen (secondary N) is 1. The molecule has 0 aromatic rings. The quantitative estimate of drug-likeness (QED) is 0.706. The smallest absolute Gasteiger partial charge is 0.154 e. The summed E-state index contributed by atoms with van der Waals surface area (Å²) in [7, 11) is -2.98. The Labute approximate surface area is 118 Å². The van der Waals surface area contributed by atoms with Crippen LogP contribution in [0.4, 0.5) is 0 Å². The number of sulfone groups is 1. The fourth-order valence-electron chi connectivity index (χ4n) is 2.29. The molecule has 1 fully saturated rings. The first-order chi connectivity index (χ1) is 8.89. The molecule has 2 unspecified atom stereocenters. The number of ether oxygens (including phenoxy) is 1. The molecule has 1 N–H and O–H groups in total. The molecular weight excluding hydrogens is 262 g/mol. The molecule has 5 heteroatoms. The third-order valence-corrected chi connectivity index (χ3v) is 5.25. The van der Waals surface area contributed by atoms with E-state index in [1.54, 1.807) is 0 Å². The molecule has 0 aromatic carbocycles. The summed E-state index contributed by atoms with van der Waals surface area (Å²) in [6, 6.07) is 0.389. The maximum atomic E-state index is 11.9. The third kappa shape index (κ3) is 7.90. The van der Waals surface area contributed by atoms with E-state index < -0.39 is 9.84 Å². The van der Waals surface area contributed by atoms with Crippen molar-refractivity contribution in [3.05, 3.63) is 0 Å². The van der Waals surface area contributed by atoms with Crippen LogP contribution in [0.3, 0.4) is 0 Å². The van der Waals surface area contributed by atoms with Gasteiger partial charge in [-0.2, -0.15) is 0 Å². The van der Waals surface area contributed by atoms with E-state index in [1.165, 1.54) is 6.42 Å². The number of hydrogen-bond donors (Lipinski definition) is 1. The van der Waals surface area contributed by atoms with E-state index in [0.717, 1.165) is 19.3 Å². The zero-order valence-corrected chi connectivity index (χ0v) is 13.3. The van der Waals surface area contributed by atoms with Gasteiger partial charge >= 0.3 is 0 Å². The molecule has 0 amide bonds. The van der Waals surface area contributed by atoms with Crippen LogP contribution in [-0.2, 0) is 14.6 Å². The molecule has 0 radical (unpaired) electrons. The van der Waals surface area contributed by atoms with E-state index in [0.29, 0.717) is 25.1 Å². The van der Waals surface area contributed by atoms with Crippen LogP contribution in [-0.4, -0.2) is 45.2 Å². The zero-order valence-electron chi connectivity index (χ0n) is 12.5. The van der Waals surface area contributed by atoms with Crippen molar-refractivity contribution < 1.29 is 13.2 Å². The van der Waals surface area contributed by atoms with Gasteiger partial charge in [0.2, 0.25) is 0 Å². The second kappa shape index (κ2) is 8.22. The van der Waals surface area contributed by atoms with Gasteiger partial charge in [0, 0.05) is 19.2 Å². The molecule has 4 nitrogen and oxygen atoms in total. The van der Waals surface area contributed by atoms with E-state index in [4.69, 9.17) is 4.74 Å². The fourth-order valence-corrected chi connectivity index (χ4v) is 3.71. The lowest BCUT2D eigenvalue weighted by molar-refractivity contribution is 0.127. The minimum absolute atomic E-state index is 0.0663. The van der Waals surface area contributed by atoms with Crippen LogP contribution < -0.4 is 5.32 Å². The Morgan fingerprint density at radius 1 is 1.26 bits per heavy atom. The van der Waals surface area contributed by atoms with Crippen LogP contribution in [0.25, 0.3) is 0 Å². The molecule has 0 aliphatic carbocycles. The zero-order chi connectivity index (χ0) is 14.3. The summed E-state index contributed by atoms with van der Waals surface area (Å²) in [4.78, 5) is 0. The second-order valence-corrected chi connectivity index (χ2v) is 8.30. The summed E-state index contributed by atoms with van der Waals surface area (Å²) in [5, 5.41) is 3.30. The largest absolute Gasteiger partial charge is 0.377 e. The Morgan fingerprint density at radius 3 is 2.58 bits per heavy atom. The van der Waals surface area contributed by atoms with Crippen molar-refractivity contribution in [2.45, 2.75) is 58.6 Å². The summed E-state index contributed by atoms with van der Waals surface area (Å²) >= 11 is 0. The van der Waals surface area contributed by atoms with Crippen LogP contribution >= 0.6 is 0 Å². The molecule has 1 rings (SSSR count). The predicted molar refractivity (Wildman–Crippen MR) is 79.2 cm³/mol. The van der Waals surface area contributed by atoms with E-state index in [1.807, 2.05) is 0 Å². The first kappa shape index (κ1) is 16.9. The van der Waals surface area contributed by atoms with Gasteiger partial charge in [-0.1, -0.05) is 13.8 Å². The highest BCUT2D eigenvalue weighted by atomic mass is 32.2. The van der Waals surface area contributed by atoms with Crippen molar-refractivity contribution in [1.29, 1.82) is 0 Å². The summed E-state index contributed by atoms with van der Waals surface area (Å²) in [6.45, 7) is 7.80. The van der Waals surface area contributed by atoms with Crippen molar-refractivity contribution in [3.63, 3.8) is 0 Å². The van der Waals surface area contributed by atoms with Crippen LogP contribution in [0.15, 0.2) is 0 Å². The summed E-state index contributed by atoms with van der Waals surface area (Å²) < 4.78 is 29.2. The van der Waals surface area contributed by atoms with E-state index in [-0.39, 0.29) is 17.6 Å². The highest BCUT2D eigenvalue weighted by Crippen LogP contribution is 2.14. The maximum absolute atomic E-state index is 11.9. The highest BCUT2D eigenvalue weighted by Gasteiger charge is 2.23. The van der Waals surface area contributed by atoms with Gasteiger partial charge in [0.1, 0.15) is 0 Å². The summed E-state index contributed by atoms with van der Waals surface area (Å²) in [5.41, 5.74) is 0. The molecule has 1 saturated heterocycles. The number of hydrogen-bond acceptors (Lipinski definition) is 4. The lowest BCUT2D eigenvalue weighted by Gasteiger charge is -2.15. The third-order valence-electron chi connectivity index (χ3n) is 3.55. The molecule has 0 aromatic heterocycles. The first-order valence-corrected chi connectivity index (χ1v) is 9.26. The monoisotopic (exact) mass is 291 g/mol. The SMILES string of the molecule is CC(C)CCC(C)NCCS(=O)(=O)CC1CCCO1. The normalized spacial score (nSPS) is 22.0. The van der Waals surface area contributed by atoms with Crippen LogP contribution in [0.2, 0.25) is 0 Å². The molecule has 1 aliphatic heterocycles. The molecule has 0 spiro atoms. The van der Waals surface area contributed by atoms with Crippen molar-refractivity contribution in [3.8, 4) is 0 Å². The molecule has 0 saturated carbocycles. The Hall–Kier alpha value is -0.130. The van der Waals surface area contributed by atoms with Crippen molar-refractivity contribution in [1.82, 2.24) is 5.32 Å². The predicted octanol–water partition coefficient (Wildman–Crippen LogP) is 1.99. The Bertz CT molecular complexity index is 335.